The lowest BCUT2D eigenvalue weighted by atomic mass is 10.1. The van der Waals surface area contributed by atoms with Crippen LogP contribution in [-0.2, 0) is 4.74 Å². The Morgan fingerprint density at radius 3 is 2.86 bits per heavy atom. The van der Waals surface area contributed by atoms with Crippen LogP contribution in [0.5, 0.6) is 0 Å². The molecule has 1 atom stereocenters. The smallest absolute Gasteiger partial charge is 0.193 e. The number of hydrogen-bond donors (Lipinski definition) is 1. The normalized spacial score (nSPS) is 18.6. The van der Waals surface area contributed by atoms with Crippen LogP contribution in [0.1, 0.15) is 6.42 Å². The molecule has 0 aliphatic carbocycles. The number of rotatable bonds is 6. The van der Waals surface area contributed by atoms with Gasteiger partial charge in [0.25, 0.3) is 0 Å². The zero-order chi connectivity index (χ0) is 15.8. The van der Waals surface area contributed by atoms with Crippen molar-refractivity contribution in [2.75, 3.05) is 58.9 Å². The van der Waals surface area contributed by atoms with E-state index in [-0.39, 0.29) is 0 Å². The minimum absolute atomic E-state index is 0.621. The van der Waals surface area contributed by atoms with Crippen LogP contribution in [0, 0.1) is 5.92 Å². The lowest BCUT2D eigenvalue weighted by Gasteiger charge is -2.24. The van der Waals surface area contributed by atoms with E-state index in [1.54, 1.807) is 7.11 Å². The molecule has 0 radical (unpaired) electrons. The maximum atomic E-state index is 5.26. The Balaban J connectivity index is 1.75. The molecule has 0 amide bonds. The van der Waals surface area contributed by atoms with Gasteiger partial charge in [0, 0.05) is 59.0 Å². The number of likely N-dealkylation sites (tertiary alicyclic amines) is 1. The number of methoxy groups -OCH3 is 1. The third-order valence-electron chi connectivity index (χ3n) is 4.13. The number of ether oxygens (including phenoxy) is 1. The third-order valence-corrected chi connectivity index (χ3v) is 4.13. The Morgan fingerprint density at radius 2 is 2.18 bits per heavy atom. The predicted octanol–water partition coefficient (Wildman–Crippen LogP) is 1.67. The van der Waals surface area contributed by atoms with Crippen molar-refractivity contribution in [3.05, 3.63) is 30.3 Å². The third kappa shape index (κ3) is 4.63. The first kappa shape index (κ1) is 16.6. The lowest BCUT2D eigenvalue weighted by molar-refractivity contribution is 0.157. The van der Waals surface area contributed by atoms with Crippen molar-refractivity contribution in [3.63, 3.8) is 0 Å². The molecular weight excluding hydrogens is 276 g/mol. The quantitative estimate of drug-likeness (QED) is 0.641. The van der Waals surface area contributed by atoms with Gasteiger partial charge in [-0.05, 0) is 18.6 Å². The molecule has 1 heterocycles. The SMILES string of the molecule is CN=C(NCCN(C)c1ccccc1)N1CCC(COC)C1. The minimum atomic E-state index is 0.621. The fourth-order valence-electron chi connectivity index (χ4n) is 2.88. The summed E-state index contributed by atoms with van der Waals surface area (Å²) in [6.07, 6.45) is 1.18. The molecule has 1 aliphatic heterocycles. The highest BCUT2D eigenvalue weighted by Gasteiger charge is 2.24. The number of para-hydroxylation sites is 1. The van der Waals surface area contributed by atoms with E-state index in [2.05, 4.69) is 51.4 Å². The van der Waals surface area contributed by atoms with Crippen molar-refractivity contribution in [2.45, 2.75) is 6.42 Å². The molecule has 0 saturated carbocycles. The first-order valence-corrected chi connectivity index (χ1v) is 7.95. The Hall–Kier alpha value is -1.75. The summed E-state index contributed by atoms with van der Waals surface area (Å²) in [7, 11) is 5.74. The van der Waals surface area contributed by atoms with Crippen LogP contribution in [0.4, 0.5) is 5.69 Å². The fraction of sp³-hybridized carbons (Fsp3) is 0.588. The maximum Gasteiger partial charge on any atom is 0.193 e. The molecule has 1 aliphatic rings. The van der Waals surface area contributed by atoms with E-state index in [1.165, 1.54) is 12.1 Å². The average molecular weight is 304 g/mol. The van der Waals surface area contributed by atoms with Crippen molar-refractivity contribution >= 4 is 11.6 Å². The van der Waals surface area contributed by atoms with E-state index in [1.807, 2.05) is 13.1 Å². The van der Waals surface area contributed by atoms with Crippen molar-refractivity contribution < 1.29 is 4.74 Å². The number of likely N-dealkylation sites (N-methyl/N-ethyl adjacent to an activating group) is 1. The molecule has 0 spiro atoms. The summed E-state index contributed by atoms with van der Waals surface area (Å²) in [4.78, 5) is 8.98. The number of nitrogens with zero attached hydrogens (tertiary/aromatic N) is 3. The molecule has 0 bridgehead atoms. The Labute approximate surface area is 134 Å². The largest absolute Gasteiger partial charge is 0.384 e. The second-order valence-electron chi connectivity index (χ2n) is 5.79. The van der Waals surface area contributed by atoms with Gasteiger partial charge >= 0.3 is 0 Å². The van der Waals surface area contributed by atoms with Crippen molar-refractivity contribution in [1.29, 1.82) is 0 Å². The molecule has 1 aromatic carbocycles. The summed E-state index contributed by atoms with van der Waals surface area (Å²) in [5.41, 5.74) is 1.24. The summed E-state index contributed by atoms with van der Waals surface area (Å²) in [6, 6.07) is 10.4. The number of nitrogens with one attached hydrogen (secondary N) is 1. The molecule has 5 heteroatoms. The first-order chi connectivity index (χ1) is 10.7. The summed E-state index contributed by atoms with van der Waals surface area (Å²) in [5.74, 6) is 1.62. The molecule has 0 aromatic heterocycles. The van der Waals surface area contributed by atoms with E-state index in [0.29, 0.717) is 5.92 Å². The molecule has 1 N–H and O–H groups in total. The van der Waals surface area contributed by atoms with Gasteiger partial charge in [0.1, 0.15) is 0 Å². The monoisotopic (exact) mass is 304 g/mol. The molecule has 122 valence electrons. The Kier molecular flexibility index (Phi) is 6.52. The van der Waals surface area contributed by atoms with Gasteiger partial charge in [0.15, 0.2) is 5.96 Å². The van der Waals surface area contributed by atoms with Crippen molar-refractivity contribution in [1.82, 2.24) is 10.2 Å². The van der Waals surface area contributed by atoms with Gasteiger partial charge in [-0.15, -0.1) is 0 Å². The van der Waals surface area contributed by atoms with E-state index in [9.17, 15) is 0 Å². The second-order valence-corrected chi connectivity index (χ2v) is 5.79. The molecule has 1 unspecified atom stereocenters. The van der Waals surface area contributed by atoms with E-state index >= 15 is 0 Å². The highest BCUT2D eigenvalue weighted by Crippen LogP contribution is 2.16. The molecule has 1 saturated heterocycles. The molecule has 1 aromatic rings. The van der Waals surface area contributed by atoms with Crippen LogP contribution < -0.4 is 10.2 Å². The van der Waals surface area contributed by atoms with Gasteiger partial charge in [0.05, 0.1) is 6.61 Å². The fourth-order valence-corrected chi connectivity index (χ4v) is 2.88. The molecular formula is C17H28N4O. The van der Waals surface area contributed by atoms with Crippen molar-refractivity contribution in [2.24, 2.45) is 10.9 Å². The second kappa shape index (κ2) is 8.63. The highest BCUT2D eigenvalue weighted by molar-refractivity contribution is 5.80. The average Bonchev–Trinajstić information content (AvgIpc) is 3.01. The standard InChI is InChI=1S/C17H28N4O/c1-18-17(21-11-9-15(13-21)14-22-3)19-10-12-20(2)16-7-5-4-6-8-16/h4-8,15H,9-14H2,1-3H3,(H,18,19). The zero-order valence-corrected chi connectivity index (χ0v) is 14.0. The molecule has 5 nitrogen and oxygen atoms in total. The Bertz CT molecular complexity index is 463. The summed E-state index contributed by atoms with van der Waals surface area (Å²) < 4.78 is 5.26. The van der Waals surface area contributed by atoms with Crippen LogP contribution in [0.2, 0.25) is 0 Å². The number of guanidine groups is 1. The van der Waals surface area contributed by atoms with E-state index in [4.69, 9.17) is 4.74 Å². The number of hydrogen-bond acceptors (Lipinski definition) is 3. The van der Waals surface area contributed by atoms with E-state index < -0.39 is 0 Å². The summed E-state index contributed by atoms with van der Waals surface area (Å²) in [6.45, 7) is 4.75. The number of aliphatic imine (C=N–C) groups is 1. The van der Waals surface area contributed by atoms with Crippen molar-refractivity contribution in [3.8, 4) is 0 Å². The first-order valence-electron chi connectivity index (χ1n) is 7.95. The van der Waals surface area contributed by atoms with Crippen LogP contribution in [-0.4, -0.2) is 64.9 Å². The van der Waals surface area contributed by atoms with Gasteiger partial charge in [0.2, 0.25) is 0 Å². The molecule has 1 fully saturated rings. The Morgan fingerprint density at radius 1 is 1.41 bits per heavy atom. The highest BCUT2D eigenvalue weighted by atomic mass is 16.5. The maximum absolute atomic E-state index is 5.26. The topological polar surface area (TPSA) is 40.1 Å². The number of benzene rings is 1. The van der Waals surface area contributed by atoms with Crippen LogP contribution in [0.3, 0.4) is 0 Å². The molecule has 22 heavy (non-hydrogen) atoms. The van der Waals surface area contributed by atoms with Gasteiger partial charge in [-0.25, -0.2) is 0 Å². The van der Waals surface area contributed by atoms with Crippen LogP contribution in [0.25, 0.3) is 0 Å². The van der Waals surface area contributed by atoms with Gasteiger partial charge < -0.3 is 19.9 Å². The summed E-state index contributed by atoms with van der Waals surface area (Å²) in [5, 5.41) is 3.47. The molecule has 2 rings (SSSR count). The predicted molar refractivity (Wildman–Crippen MR) is 92.6 cm³/mol. The summed E-state index contributed by atoms with van der Waals surface area (Å²) >= 11 is 0. The minimum Gasteiger partial charge on any atom is -0.384 e. The number of anilines is 1. The van der Waals surface area contributed by atoms with Gasteiger partial charge in [-0.3, -0.25) is 4.99 Å². The van der Waals surface area contributed by atoms with E-state index in [0.717, 1.165) is 38.7 Å². The van der Waals surface area contributed by atoms with Gasteiger partial charge in [-0.2, -0.15) is 0 Å². The van der Waals surface area contributed by atoms with Gasteiger partial charge in [-0.1, -0.05) is 18.2 Å². The zero-order valence-electron chi connectivity index (χ0n) is 14.0. The lowest BCUT2D eigenvalue weighted by Crippen LogP contribution is -2.43. The van der Waals surface area contributed by atoms with Crippen LogP contribution in [0.15, 0.2) is 35.3 Å². The van der Waals surface area contributed by atoms with Crippen LogP contribution >= 0.6 is 0 Å².